The molecule has 0 unspecified atom stereocenters. The number of carbonyl (C=O) groups is 2. The minimum atomic E-state index is -0.663. The van der Waals surface area contributed by atoms with Gasteiger partial charge >= 0.3 is 5.97 Å². The molecule has 0 rings (SSSR count). The number of nitrogens with two attached hydrogens (primary N) is 1. The molecule has 0 aliphatic rings. The molecule has 5 nitrogen and oxygen atoms in total. The Labute approximate surface area is 122 Å². The molecule has 0 radical (unpaired) electrons. The lowest BCUT2D eigenvalue weighted by Crippen LogP contribution is -2.53. The van der Waals surface area contributed by atoms with Gasteiger partial charge in [0.05, 0.1) is 12.1 Å². The Morgan fingerprint density at radius 2 is 1.65 bits per heavy atom. The van der Waals surface area contributed by atoms with Crippen LogP contribution in [0.4, 0.5) is 0 Å². The summed E-state index contributed by atoms with van der Waals surface area (Å²) in [6.07, 6.45) is 0.332. The maximum Gasteiger partial charge on any atom is 0.328 e. The summed E-state index contributed by atoms with van der Waals surface area (Å²) >= 11 is 0. The van der Waals surface area contributed by atoms with E-state index in [-0.39, 0.29) is 23.3 Å². The number of hydrogen-bond acceptors (Lipinski definition) is 4. The van der Waals surface area contributed by atoms with Crippen molar-refractivity contribution >= 4 is 11.9 Å². The summed E-state index contributed by atoms with van der Waals surface area (Å²) in [4.78, 5) is 24.1. The van der Waals surface area contributed by atoms with Gasteiger partial charge in [-0.2, -0.15) is 0 Å². The average molecular weight is 286 g/mol. The van der Waals surface area contributed by atoms with E-state index in [2.05, 4.69) is 5.32 Å². The molecule has 5 heteroatoms. The zero-order chi connectivity index (χ0) is 16.1. The van der Waals surface area contributed by atoms with Crippen LogP contribution in [0.15, 0.2) is 0 Å². The van der Waals surface area contributed by atoms with Gasteiger partial charge < -0.3 is 15.8 Å². The van der Waals surface area contributed by atoms with Crippen LogP contribution < -0.4 is 11.1 Å². The molecule has 0 aromatic rings. The van der Waals surface area contributed by atoms with Crippen molar-refractivity contribution in [2.75, 3.05) is 0 Å². The lowest BCUT2D eigenvalue weighted by Gasteiger charge is -2.28. The second kappa shape index (κ2) is 7.62. The van der Waals surface area contributed by atoms with Crippen LogP contribution in [0.3, 0.4) is 0 Å². The minimum Gasteiger partial charge on any atom is -0.461 e. The molecule has 0 saturated heterocycles. The summed E-state index contributed by atoms with van der Waals surface area (Å²) in [7, 11) is 0. The van der Waals surface area contributed by atoms with Gasteiger partial charge in [0.2, 0.25) is 5.91 Å². The summed E-state index contributed by atoms with van der Waals surface area (Å²) in [5, 5.41) is 2.72. The molecule has 0 heterocycles. The topological polar surface area (TPSA) is 81.4 Å². The molecule has 1 amide bonds. The van der Waals surface area contributed by atoms with E-state index in [1.165, 1.54) is 0 Å². The standard InChI is InChI=1S/C15H30N2O3/c1-9(2)8-11(14(19)20-10(3)4)17-13(18)12(16)15(5,6)7/h9-12H,8,16H2,1-7H3,(H,17,18)/t11-,12+/m0/s1. The zero-order valence-corrected chi connectivity index (χ0v) is 13.8. The third kappa shape index (κ3) is 6.89. The largest absolute Gasteiger partial charge is 0.461 e. The first-order valence-electron chi connectivity index (χ1n) is 7.21. The van der Waals surface area contributed by atoms with E-state index in [4.69, 9.17) is 10.5 Å². The zero-order valence-electron chi connectivity index (χ0n) is 13.8. The third-order valence-corrected chi connectivity index (χ3v) is 2.88. The van der Waals surface area contributed by atoms with Crippen LogP contribution in [0.1, 0.15) is 54.9 Å². The van der Waals surface area contributed by atoms with Crippen LogP contribution >= 0.6 is 0 Å². The summed E-state index contributed by atoms with van der Waals surface area (Å²) in [5.41, 5.74) is 5.56. The van der Waals surface area contributed by atoms with Crippen LogP contribution in [0.2, 0.25) is 0 Å². The predicted octanol–water partition coefficient (Wildman–Crippen LogP) is 1.84. The Hall–Kier alpha value is -1.10. The van der Waals surface area contributed by atoms with Crippen molar-refractivity contribution < 1.29 is 14.3 Å². The fraction of sp³-hybridized carbons (Fsp3) is 0.867. The summed E-state index contributed by atoms with van der Waals surface area (Å²) < 4.78 is 5.19. The van der Waals surface area contributed by atoms with Crippen molar-refractivity contribution in [2.24, 2.45) is 17.1 Å². The number of rotatable bonds is 6. The smallest absolute Gasteiger partial charge is 0.328 e. The van der Waals surface area contributed by atoms with Crippen LogP contribution in [-0.2, 0) is 14.3 Å². The maximum atomic E-state index is 12.1. The van der Waals surface area contributed by atoms with Crippen molar-refractivity contribution in [3.05, 3.63) is 0 Å². The number of hydrogen-bond donors (Lipinski definition) is 2. The Balaban J connectivity index is 4.81. The van der Waals surface area contributed by atoms with E-state index in [1.807, 2.05) is 34.6 Å². The van der Waals surface area contributed by atoms with Crippen molar-refractivity contribution in [1.82, 2.24) is 5.32 Å². The number of esters is 1. The molecule has 0 bridgehead atoms. The number of carbonyl (C=O) groups excluding carboxylic acids is 2. The highest BCUT2D eigenvalue weighted by Crippen LogP contribution is 2.18. The Kier molecular flexibility index (Phi) is 7.20. The molecule has 0 fully saturated rings. The number of amides is 1. The number of nitrogens with one attached hydrogen (secondary N) is 1. The van der Waals surface area contributed by atoms with Crippen molar-refractivity contribution in [3.63, 3.8) is 0 Å². The monoisotopic (exact) mass is 286 g/mol. The van der Waals surface area contributed by atoms with Gasteiger partial charge in [-0.25, -0.2) is 4.79 Å². The summed E-state index contributed by atoms with van der Waals surface area (Å²) in [6, 6.07) is -1.30. The van der Waals surface area contributed by atoms with E-state index < -0.39 is 18.1 Å². The summed E-state index contributed by atoms with van der Waals surface area (Å²) in [5.74, 6) is -0.446. The first-order valence-corrected chi connectivity index (χ1v) is 7.21. The van der Waals surface area contributed by atoms with Crippen LogP contribution in [0, 0.1) is 11.3 Å². The summed E-state index contributed by atoms with van der Waals surface area (Å²) in [6.45, 7) is 13.2. The molecular weight excluding hydrogens is 256 g/mol. The van der Waals surface area contributed by atoms with E-state index in [0.29, 0.717) is 6.42 Å². The first-order chi connectivity index (χ1) is 8.95. The molecule has 0 aromatic heterocycles. The van der Waals surface area contributed by atoms with Crippen LogP contribution in [0.5, 0.6) is 0 Å². The van der Waals surface area contributed by atoms with Gasteiger partial charge in [0, 0.05) is 0 Å². The second-order valence-electron chi connectivity index (χ2n) is 7.02. The minimum absolute atomic E-state index is 0.203. The van der Waals surface area contributed by atoms with Gasteiger partial charge in [0.1, 0.15) is 6.04 Å². The van der Waals surface area contributed by atoms with Gasteiger partial charge in [0.15, 0.2) is 0 Å². The van der Waals surface area contributed by atoms with Crippen LogP contribution in [0.25, 0.3) is 0 Å². The van der Waals surface area contributed by atoms with Crippen molar-refractivity contribution in [3.8, 4) is 0 Å². The van der Waals surface area contributed by atoms with Gasteiger partial charge in [-0.05, 0) is 31.6 Å². The molecular formula is C15H30N2O3. The molecule has 3 N–H and O–H groups in total. The molecule has 0 aromatic carbocycles. The Morgan fingerprint density at radius 3 is 2.00 bits per heavy atom. The van der Waals surface area contributed by atoms with E-state index in [1.54, 1.807) is 13.8 Å². The first kappa shape index (κ1) is 18.9. The lowest BCUT2D eigenvalue weighted by atomic mass is 9.86. The van der Waals surface area contributed by atoms with Gasteiger partial charge in [0.25, 0.3) is 0 Å². The second-order valence-corrected chi connectivity index (χ2v) is 7.02. The lowest BCUT2D eigenvalue weighted by molar-refractivity contribution is -0.152. The Bertz CT molecular complexity index is 333. The highest BCUT2D eigenvalue weighted by atomic mass is 16.5. The maximum absolute atomic E-state index is 12.1. The molecule has 118 valence electrons. The molecule has 0 aliphatic heterocycles. The predicted molar refractivity (Wildman–Crippen MR) is 80.0 cm³/mol. The highest BCUT2D eigenvalue weighted by Gasteiger charge is 2.31. The van der Waals surface area contributed by atoms with E-state index in [0.717, 1.165) is 0 Å². The normalized spacial score (nSPS) is 15.1. The molecule has 20 heavy (non-hydrogen) atoms. The van der Waals surface area contributed by atoms with Gasteiger partial charge in [-0.3, -0.25) is 4.79 Å². The molecule has 2 atom stereocenters. The SMILES string of the molecule is CC(C)C[C@H](NC(=O)[C@@H](N)C(C)(C)C)C(=O)OC(C)C. The molecule has 0 spiro atoms. The van der Waals surface area contributed by atoms with E-state index in [9.17, 15) is 9.59 Å². The third-order valence-electron chi connectivity index (χ3n) is 2.88. The van der Waals surface area contributed by atoms with Crippen LogP contribution in [-0.4, -0.2) is 30.1 Å². The highest BCUT2D eigenvalue weighted by molar-refractivity contribution is 5.87. The fourth-order valence-corrected chi connectivity index (χ4v) is 1.65. The fourth-order valence-electron chi connectivity index (χ4n) is 1.65. The number of ether oxygens (including phenoxy) is 1. The van der Waals surface area contributed by atoms with Gasteiger partial charge in [-0.15, -0.1) is 0 Å². The Morgan fingerprint density at radius 1 is 1.15 bits per heavy atom. The average Bonchev–Trinajstić information content (AvgIpc) is 2.23. The van der Waals surface area contributed by atoms with Gasteiger partial charge in [-0.1, -0.05) is 34.6 Å². The molecule has 0 aliphatic carbocycles. The quantitative estimate of drug-likeness (QED) is 0.730. The van der Waals surface area contributed by atoms with Crippen molar-refractivity contribution in [2.45, 2.75) is 73.1 Å². The molecule has 0 saturated carbocycles. The van der Waals surface area contributed by atoms with E-state index >= 15 is 0 Å². The van der Waals surface area contributed by atoms with Crippen molar-refractivity contribution in [1.29, 1.82) is 0 Å².